The smallest absolute Gasteiger partial charge is 0.340 e. The average molecular weight is 575 g/mol. The second kappa shape index (κ2) is 10.2. The molecule has 0 saturated carbocycles. The molecule has 5 aromatic rings. The van der Waals surface area contributed by atoms with E-state index in [1.54, 1.807) is 30.3 Å². The van der Waals surface area contributed by atoms with Crippen molar-refractivity contribution >= 4 is 28.6 Å². The quantitative estimate of drug-likeness (QED) is 0.192. The molecule has 11 heteroatoms. The number of aromatic amines is 1. The number of aromatic nitrogens is 3. The number of fused-ring (bicyclic) bond motifs is 1. The first-order valence-electron chi connectivity index (χ1n) is 12.0. The Hall–Kier alpha value is -4.05. The van der Waals surface area contributed by atoms with E-state index in [0.717, 1.165) is 19.1 Å². The summed E-state index contributed by atoms with van der Waals surface area (Å²) in [5.41, 5.74) is -1.61. The molecule has 206 valence electrons. The van der Waals surface area contributed by atoms with Crippen LogP contribution in [0.3, 0.4) is 0 Å². The molecule has 4 nitrogen and oxygen atoms in total. The van der Waals surface area contributed by atoms with Crippen molar-refractivity contribution in [3.05, 3.63) is 124 Å². The molecule has 1 atom stereocenters. The van der Waals surface area contributed by atoms with Gasteiger partial charge in [0, 0.05) is 25.1 Å². The molecule has 5 rings (SSSR count). The summed E-state index contributed by atoms with van der Waals surface area (Å²) in [5.74, 6) is -4.15. The number of nitrogens with zero attached hydrogens (tertiary/aromatic N) is 2. The molecule has 2 aromatic heterocycles. The van der Waals surface area contributed by atoms with Gasteiger partial charge < -0.3 is 10.3 Å². The van der Waals surface area contributed by atoms with Gasteiger partial charge in [0.05, 0.1) is 27.3 Å². The number of rotatable bonds is 7. The van der Waals surface area contributed by atoms with Crippen LogP contribution in [0, 0.1) is 5.82 Å². The van der Waals surface area contributed by atoms with Crippen LogP contribution in [-0.4, -0.2) is 15.0 Å². The summed E-state index contributed by atoms with van der Waals surface area (Å²) < 4.78 is 84.2. The third-order valence-corrected chi connectivity index (χ3v) is 6.74. The SMILES string of the molecule is CC(F)(F)c1ccc2nc(NC(Cc3ccccc3)(c3cc(F)cc(C(F)(F)F)c3)c3ccc(Cl)cn3)[nH]c2c1. The first-order valence-corrected chi connectivity index (χ1v) is 12.4. The summed E-state index contributed by atoms with van der Waals surface area (Å²) in [6.07, 6.45) is -3.49. The molecule has 0 radical (unpaired) electrons. The number of alkyl halides is 5. The van der Waals surface area contributed by atoms with Crippen molar-refractivity contribution in [2.24, 2.45) is 0 Å². The highest BCUT2D eigenvalue weighted by atomic mass is 35.5. The minimum Gasteiger partial charge on any atom is -0.340 e. The van der Waals surface area contributed by atoms with Gasteiger partial charge in [-0.05, 0) is 53.6 Å². The Bertz CT molecular complexity index is 1650. The standard InChI is InChI=1S/C29H21ClF6N4/c1-27(32,33)18-7-9-23-24(14-18)39-26(38-23)40-28(15-17-5-3-2-4-6-17,25-10-8-21(30)16-37-25)19-11-20(29(34,35)36)13-22(31)12-19/h2-14,16H,15H2,1H3,(H2,38,39,40). The molecule has 0 amide bonds. The molecule has 0 aliphatic rings. The number of imidazole rings is 1. The van der Waals surface area contributed by atoms with E-state index < -0.39 is 29.0 Å². The summed E-state index contributed by atoms with van der Waals surface area (Å²) in [4.78, 5) is 11.8. The highest BCUT2D eigenvalue weighted by Gasteiger charge is 2.40. The van der Waals surface area contributed by atoms with Crippen molar-refractivity contribution in [2.45, 2.75) is 31.0 Å². The van der Waals surface area contributed by atoms with Crippen LogP contribution in [0.4, 0.5) is 32.3 Å². The normalized spacial score (nSPS) is 13.8. The van der Waals surface area contributed by atoms with E-state index in [0.29, 0.717) is 17.1 Å². The van der Waals surface area contributed by atoms with Gasteiger partial charge in [-0.3, -0.25) is 4.98 Å². The third kappa shape index (κ3) is 5.62. The summed E-state index contributed by atoms with van der Waals surface area (Å²) in [7, 11) is 0. The predicted molar refractivity (Wildman–Crippen MR) is 141 cm³/mol. The first-order chi connectivity index (χ1) is 18.8. The van der Waals surface area contributed by atoms with Crippen molar-refractivity contribution in [1.82, 2.24) is 15.0 Å². The van der Waals surface area contributed by atoms with E-state index in [-0.39, 0.29) is 39.7 Å². The van der Waals surface area contributed by atoms with Gasteiger partial charge in [-0.15, -0.1) is 0 Å². The molecule has 0 aliphatic carbocycles. The Kier molecular flexibility index (Phi) is 6.99. The average Bonchev–Trinajstić information content (AvgIpc) is 3.29. The summed E-state index contributed by atoms with van der Waals surface area (Å²) in [6, 6.07) is 18.0. The maximum absolute atomic E-state index is 14.8. The molecule has 2 N–H and O–H groups in total. The maximum atomic E-state index is 14.8. The Morgan fingerprint density at radius 3 is 2.23 bits per heavy atom. The summed E-state index contributed by atoms with van der Waals surface area (Å²) >= 11 is 6.07. The Balaban J connectivity index is 1.75. The molecule has 0 bridgehead atoms. The van der Waals surface area contributed by atoms with Gasteiger partial charge in [-0.2, -0.15) is 13.2 Å². The number of H-pyrrole nitrogens is 1. The molecule has 40 heavy (non-hydrogen) atoms. The maximum Gasteiger partial charge on any atom is 0.416 e. The third-order valence-electron chi connectivity index (χ3n) is 6.52. The Morgan fingerprint density at radius 1 is 0.850 bits per heavy atom. The second-order valence-corrected chi connectivity index (χ2v) is 9.92. The van der Waals surface area contributed by atoms with Gasteiger partial charge in [-0.25, -0.2) is 18.2 Å². The van der Waals surface area contributed by atoms with E-state index in [1.165, 1.54) is 36.5 Å². The summed E-state index contributed by atoms with van der Waals surface area (Å²) in [6.45, 7) is 0.767. The van der Waals surface area contributed by atoms with Crippen molar-refractivity contribution in [3.8, 4) is 0 Å². The molecular weight excluding hydrogens is 554 g/mol. The minimum atomic E-state index is -4.83. The predicted octanol–water partition coefficient (Wildman–Crippen LogP) is 8.48. The molecule has 0 saturated heterocycles. The minimum absolute atomic E-state index is 0.0124. The van der Waals surface area contributed by atoms with Gasteiger partial charge in [0.15, 0.2) is 0 Å². The lowest BCUT2D eigenvalue weighted by molar-refractivity contribution is -0.137. The van der Waals surface area contributed by atoms with E-state index in [4.69, 9.17) is 11.6 Å². The van der Waals surface area contributed by atoms with Crippen LogP contribution < -0.4 is 5.32 Å². The molecule has 1 unspecified atom stereocenters. The highest BCUT2D eigenvalue weighted by Crippen LogP contribution is 2.40. The van der Waals surface area contributed by atoms with Crippen LogP contribution >= 0.6 is 11.6 Å². The number of benzene rings is 3. The second-order valence-electron chi connectivity index (χ2n) is 9.49. The zero-order valence-corrected chi connectivity index (χ0v) is 21.6. The number of nitrogens with one attached hydrogen (secondary N) is 2. The zero-order chi connectivity index (χ0) is 28.7. The van der Waals surface area contributed by atoms with Gasteiger partial charge in [0.25, 0.3) is 5.92 Å². The van der Waals surface area contributed by atoms with E-state index in [9.17, 15) is 26.3 Å². The van der Waals surface area contributed by atoms with Gasteiger partial charge in [-0.1, -0.05) is 48.0 Å². The van der Waals surface area contributed by atoms with Crippen LogP contribution in [0.15, 0.2) is 85.1 Å². The Labute approximate surface area is 230 Å². The van der Waals surface area contributed by atoms with Gasteiger partial charge in [0.2, 0.25) is 5.95 Å². The largest absolute Gasteiger partial charge is 0.416 e. The van der Waals surface area contributed by atoms with Crippen LogP contribution in [0.5, 0.6) is 0 Å². The molecule has 0 spiro atoms. The number of hydrogen-bond acceptors (Lipinski definition) is 3. The van der Waals surface area contributed by atoms with Crippen LogP contribution in [0.1, 0.15) is 34.9 Å². The lowest BCUT2D eigenvalue weighted by Crippen LogP contribution is -2.40. The van der Waals surface area contributed by atoms with Crippen molar-refractivity contribution in [2.75, 3.05) is 5.32 Å². The van der Waals surface area contributed by atoms with Crippen LogP contribution in [0.2, 0.25) is 5.02 Å². The zero-order valence-electron chi connectivity index (χ0n) is 20.8. The van der Waals surface area contributed by atoms with Gasteiger partial charge in [0.1, 0.15) is 11.4 Å². The molecule has 2 heterocycles. The fourth-order valence-electron chi connectivity index (χ4n) is 4.59. The molecule has 0 fully saturated rings. The first kappa shape index (κ1) is 27.5. The van der Waals surface area contributed by atoms with Crippen molar-refractivity contribution in [3.63, 3.8) is 0 Å². The topological polar surface area (TPSA) is 53.6 Å². The fraction of sp³-hybridized carbons (Fsp3) is 0.172. The fourth-order valence-corrected chi connectivity index (χ4v) is 4.71. The molecule has 3 aromatic carbocycles. The number of hydrogen-bond donors (Lipinski definition) is 2. The highest BCUT2D eigenvalue weighted by molar-refractivity contribution is 6.30. The number of halogens is 7. The van der Waals surface area contributed by atoms with Crippen molar-refractivity contribution in [1.29, 1.82) is 0 Å². The molecule has 0 aliphatic heterocycles. The Morgan fingerprint density at radius 2 is 1.57 bits per heavy atom. The number of anilines is 1. The van der Waals surface area contributed by atoms with Crippen LogP contribution in [0.25, 0.3) is 11.0 Å². The monoisotopic (exact) mass is 574 g/mol. The number of pyridine rings is 1. The lowest BCUT2D eigenvalue weighted by atomic mass is 9.80. The van der Waals surface area contributed by atoms with Gasteiger partial charge >= 0.3 is 6.18 Å². The van der Waals surface area contributed by atoms with E-state index in [2.05, 4.69) is 20.3 Å². The van der Waals surface area contributed by atoms with E-state index >= 15 is 0 Å². The van der Waals surface area contributed by atoms with Crippen LogP contribution in [-0.2, 0) is 24.1 Å². The van der Waals surface area contributed by atoms with E-state index in [1.807, 2.05) is 0 Å². The summed E-state index contributed by atoms with van der Waals surface area (Å²) in [5, 5.41) is 3.43. The molecular formula is C29H21ClF6N4. The van der Waals surface area contributed by atoms with Crippen molar-refractivity contribution < 1.29 is 26.3 Å². The lowest BCUT2D eigenvalue weighted by Gasteiger charge is -2.36.